The van der Waals surface area contributed by atoms with Crippen LogP contribution in [-0.2, 0) is 0 Å². The Morgan fingerprint density at radius 3 is 3.07 bits per heavy atom. The van der Waals surface area contributed by atoms with Crippen LogP contribution in [0.25, 0.3) is 0 Å². The van der Waals surface area contributed by atoms with Crippen LogP contribution in [0, 0.1) is 0 Å². The highest BCUT2D eigenvalue weighted by atomic mass is 35.5. The first-order valence-electron chi connectivity index (χ1n) is 5.31. The molecule has 0 radical (unpaired) electrons. The minimum absolute atomic E-state index is 0.430. The smallest absolute Gasteiger partial charge is 0.151 e. The minimum atomic E-state index is 0.430. The van der Waals surface area contributed by atoms with Gasteiger partial charge in [-0.05, 0) is 31.5 Å². The Morgan fingerprint density at radius 1 is 1.33 bits per heavy atom. The Bertz CT molecular complexity index is 293. The molecule has 1 atom stereocenters. The fourth-order valence-electron chi connectivity index (χ4n) is 1.74. The molecule has 2 N–H and O–H groups in total. The van der Waals surface area contributed by atoms with Crippen LogP contribution in [0.2, 0.25) is 5.15 Å². The summed E-state index contributed by atoms with van der Waals surface area (Å²) < 4.78 is 0. The van der Waals surface area contributed by atoms with E-state index in [1.54, 1.807) is 6.07 Å². The molecule has 5 heteroatoms. The quantitative estimate of drug-likeness (QED) is 0.806. The van der Waals surface area contributed by atoms with Gasteiger partial charge in [0.05, 0.1) is 0 Å². The summed E-state index contributed by atoms with van der Waals surface area (Å²) in [7, 11) is 0. The normalized spacial score (nSPS) is 22.1. The summed E-state index contributed by atoms with van der Waals surface area (Å²) in [5.74, 6) is 0.799. The van der Waals surface area contributed by atoms with Crippen LogP contribution in [-0.4, -0.2) is 29.3 Å². The van der Waals surface area contributed by atoms with Gasteiger partial charge in [0, 0.05) is 12.6 Å². The summed E-state index contributed by atoms with van der Waals surface area (Å²) in [6.07, 6.45) is 3.69. The van der Waals surface area contributed by atoms with Gasteiger partial charge in [0.15, 0.2) is 5.15 Å². The standard InChI is InChI=1S/C10H15ClN4/c11-9-4-5-10(15-14-9)13-8-3-1-2-6-12-7-8/h4-5,8,12H,1-3,6-7H2,(H,13,15). The van der Waals surface area contributed by atoms with Crippen molar-refractivity contribution in [1.29, 1.82) is 0 Å². The Balaban J connectivity index is 1.92. The van der Waals surface area contributed by atoms with Gasteiger partial charge in [-0.3, -0.25) is 0 Å². The number of rotatable bonds is 2. The van der Waals surface area contributed by atoms with Crippen LogP contribution in [0.1, 0.15) is 19.3 Å². The number of hydrogen-bond acceptors (Lipinski definition) is 4. The molecule has 0 spiro atoms. The molecule has 0 bridgehead atoms. The lowest BCUT2D eigenvalue weighted by Gasteiger charge is -2.16. The summed E-state index contributed by atoms with van der Waals surface area (Å²) in [5.41, 5.74) is 0. The fraction of sp³-hybridized carbons (Fsp3) is 0.600. The second-order valence-electron chi connectivity index (χ2n) is 3.78. The molecule has 1 aliphatic rings. The monoisotopic (exact) mass is 226 g/mol. The maximum atomic E-state index is 5.67. The first kappa shape index (κ1) is 10.6. The van der Waals surface area contributed by atoms with Crippen LogP contribution in [0.15, 0.2) is 12.1 Å². The molecular weight excluding hydrogens is 212 g/mol. The number of halogens is 1. The van der Waals surface area contributed by atoms with Crippen LogP contribution in [0.5, 0.6) is 0 Å². The predicted molar refractivity (Wildman–Crippen MR) is 61.2 cm³/mol. The zero-order valence-electron chi connectivity index (χ0n) is 8.54. The van der Waals surface area contributed by atoms with Gasteiger partial charge >= 0.3 is 0 Å². The zero-order chi connectivity index (χ0) is 10.5. The molecule has 0 amide bonds. The Kier molecular flexibility index (Phi) is 3.75. The second kappa shape index (κ2) is 5.28. The highest BCUT2D eigenvalue weighted by Gasteiger charge is 2.11. The van der Waals surface area contributed by atoms with E-state index in [4.69, 9.17) is 11.6 Å². The molecule has 15 heavy (non-hydrogen) atoms. The van der Waals surface area contributed by atoms with Gasteiger partial charge in [0.1, 0.15) is 5.82 Å². The molecule has 2 rings (SSSR count). The number of nitrogens with zero attached hydrogens (tertiary/aromatic N) is 2. The van der Waals surface area contributed by atoms with E-state index in [1.807, 2.05) is 6.07 Å². The van der Waals surface area contributed by atoms with E-state index in [0.717, 1.165) is 18.9 Å². The van der Waals surface area contributed by atoms with E-state index < -0.39 is 0 Å². The van der Waals surface area contributed by atoms with Crippen LogP contribution >= 0.6 is 11.6 Å². The lowest BCUT2D eigenvalue weighted by atomic mass is 10.1. The van der Waals surface area contributed by atoms with Crippen LogP contribution < -0.4 is 10.6 Å². The largest absolute Gasteiger partial charge is 0.365 e. The van der Waals surface area contributed by atoms with Crippen molar-refractivity contribution < 1.29 is 0 Å². The summed E-state index contributed by atoms with van der Waals surface area (Å²) in [4.78, 5) is 0. The van der Waals surface area contributed by atoms with Gasteiger partial charge in [-0.1, -0.05) is 18.0 Å². The molecule has 0 aliphatic carbocycles. The third-order valence-electron chi connectivity index (χ3n) is 2.53. The molecule has 1 fully saturated rings. The van der Waals surface area contributed by atoms with Gasteiger partial charge < -0.3 is 10.6 Å². The van der Waals surface area contributed by atoms with Gasteiger partial charge in [0.25, 0.3) is 0 Å². The molecule has 1 aromatic rings. The van der Waals surface area contributed by atoms with Crippen LogP contribution in [0.3, 0.4) is 0 Å². The summed E-state index contributed by atoms with van der Waals surface area (Å²) in [6.45, 7) is 2.11. The van der Waals surface area contributed by atoms with E-state index in [-0.39, 0.29) is 0 Å². The highest BCUT2D eigenvalue weighted by molar-refractivity contribution is 6.29. The van der Waals surface area contributed by atoms with Crippen molar-refractivity contribution in [2.45, 2.75) is 25.3 Å². The summed E-state index contributed by atoms with van der Waals surface area (Å²) in [5, 5.41) is 15.0. The molecular formula is C10H15ClN4. The van der Waals surface area contributed by atoms with E-state index in [2.05, 4.69) is 20.8 Å². The number of anilines is 1. The molecule has 1 unspecified atom stereocenters. The van der Waals surface area contributed by atoms with Crippen LogP contribution in [0.4, 0.5) is 5.82 Å². The Hall–Kier alpha value is -0.870. The predicted octanol–water partition coefficient (Wildman–Crippen LogP) is 1.68. The van der Waals surface area contributed by atoms with Gasteiger partial charge in [-0.15, -0.1) is 10.2 Å². The average Bonchev–Trinajstić information content (AvgIpc) is 2.50. The van der Waals surface area contributed by atoms with Crippen molar-refractivity contribution in [1.82, 2.24) is 15.5 Å². The van der Waals surface area contributed by atoms with E-state index >= 15 is 0 Å². The van der Waals surface area contributed by atoms with Crippen molar-refractivity contribution in [2.24, 2.45) is 0 Å². The maximum Gasteiger partial charge on any atom is 0.151 e. The Labute approximate surface area is 94.4 Å². The molecule has 82 valence electrons. The topological polar surface area (TPSA) is 49.8 Å². The zero-order valence-corrected chi connectivity index (χ0v) is 9.30. The molecule has 4 nitrogen and oxygen atoms in total. The third kappa shape index (κ3) is 3.32. The molecule has 0 saturated carbocycles. The number of nitrogens with one attached hydrogen (secondary N) is 2. The fourth-order valence-corrected chi connectivity index (χ4v) is 1.85. The molecule has 1 aromatic heterocycles. The molecule has 1 aliphatic heterocycles. The molecule has 2 heterocycles. The lowest BCUT2D eigenvalue weighted by molar-refractivity contribution is 0.632. The third-order valence-corrected chi connectivity index (χ3v) is 2.73. The average molecular weight is 227 g/mol. The van der Waals surface area contributed by atoms with Crippen molar-refractivity contribution in [3.8, 4) is 0 Å². The van der Waals surface area contributed by atoms with Crippen molar-refractivity contribution in [2.75, 3.05) is 18.4 Å². The van der Waals surface area contributed by atoms with Crippen molar-refractivity contribution in [3.05, 3.63) is 17.3 Å². The van der Waals surface area contributed by atoms with E-state index in [0.29, 0.717) is 11.2 Å². The first-order chi connectivity index (χ1) is 7.34. The second-order valence-corrected chi connectivity index (χ2v) is 4.17. The molecule has 0 aromatic carbocycles. The maximum absolute atomic E-state index is 5.67. The van der Waals surface area contributed by atoms with Crippen molar-refractivity contribution in [3.63, 3.8) is 0 Å². The summed E-state index contributed by atoms with van der Waals surface area (Å²) >= 11 is 5.67. The van der Waals surface area contributed by atoms with E-state index in [1.165, 1.54) is 19.3 Å². The SMILES string of the molecule is Clc1ccc(NC2CCCCNC2)nn1. The Morgan fingerprint density at radius 2 is 2.27 bits per heavy atom. The molecule has 1 saturated heterocycles. The number of hydrogen-bond donors (Lipinski definition) is 2. The minimum Gasteiger partial charge on any atom is -0.365 e. The van der Waals surface area contributed by atoms with Gasteiger partial charge in [-0.2, -0.15) is 0 Å². The lowest BCUT2D eigenvalue weighted by Crippen LogP contribution is -2.31. The van der Waals surface area contributed by atoms with E-state index in [9.17, 15) is 0 Å². The van der Waals surface area contributed by atoms with Gasteiger partial charge in [0.2, 0.25) is 0 Å². The first-order valence-corrected chi connectivity index (χ1v) is 5.69. The summed E-state index contributed by atoms with van der Waals surface area (Å²) in [6, 6.07) is 4.06. The number of aromatic nitrogens is 2. The van der Waals surface area contributed by atoms with Crippen molar-refractivity contribution >= 4 is 17.4 Å². The van der Waals surface area contributed by atoms with Gasteiger partial charge in [-0.25, -0.2) is 0 Å². The highest BCUT2D eigenvalue weighted by Crippen LogP contribution is 2.11.